The van der Waals surface area contributed by atoms with E-state index >= 15 is 0 Å². The molecule has 0 saturated heterocycles. The number of cyclic esters (lactones) is 2. The number of nitrogens with one attached hydrogen (secondary N) is 2. The second kappa shape index (κ2) is 28.3. The van der Waals surface area contributed by atoms with Crippen LogP contribution in [0.3, 0.4) is 0 Å². The van der Waals surface area contributed by atoms with Gasteiger partial charge in [0.2, 0.25) is 0 Å². The Morgan fingerprint density at radius 2 is 0.984 bits per heavy atom. The SMILES string of the molecule is Cc1cc(C)c2c(c1Cl)CC(=N/OCC(=O)NCCO)/C=C/CC/C=C/CCOC2=O.Cc1cc(C)c2c(c1Cl)CC(=N\OCC(=O)NCCO)/C=C/CC/C=C/CCOC2=O. The number of fused-ring (bicyclic) bond motifs is 2. The van der Waals surface area contributed by atoms with Gasteiger partial charge in [-0.25, -0.2) is 9.59 Å². The number of amides is 2. The summed E-state index contributed by atoms with van der Waals surface area (Å²) in [4.78, 5) is 59.4. The molecule has 2 aliphatic rings. The largest absolute Gasteiger partial charge is 0.462 e. The van der Waals surface area contributed by atoms with E-state index in [-0.39, 0.29) is 64.2 Å². The molecule has 0 radical (unpaired) electrons. The molecule has 336 valence electrons. The van der Waals surface area contributed by atoms with Crippen LogP contribution in [0.4, 0.5) is 0 Å². The van der Waals surface area contributed by atoms with Crippen molar-refractivity contribution in [2.45, 2.75) is 79.1 Å². The number of nitrogens with zero attached hydrogens (tertiary/aromatic N) is 2. The summed E-state index contributed by atoms with van der Waals surface area (Å²) in [7, 11) is 0. The zero-order chi connectivity index (χ0) is 45.3. The van der Waals surface area contributed by atoms with Gasteiger partial charge in [0.15, 0.2) is 13.2 Å². The van der Waals surface area contributed by atoms with E-state index in [1.165, 1.54) is 0 Å². The maximum Gasteiger partial charge on any atom is 0.338 e. The Morgan fingerprint density at radius 1 is 0.613 bits per heavy atom. The molecule has 0 saturated carbocycles. The van der Waals surface area contributed by atoms with E-state index in [0.717, 1.165) is 47.9 Å². The predicted octanol–water partition coefficient (Wildman–Crippen LogP) is 6.87. The van der Waals surface area contributed by atoms with Crippen molar-refractivity contribution in [1.82, 2.24) is 10.6 Å². The number of aryl methyl sites for hydroxylation is 4. The average molecular weight is 898 g/mol. The van der Waals surface area contributed by atoms with Gasteiger partial charge in [0.1, 0.15) is 0 Å². The van der Waals surface area contributed by atoms with E-state index in [0.29, 0.717) is 69.8 Å². The number of hydrogen-bond acceptors (Lipinski definition) is 12. The summed E-state index contributed by atoms with van der Waals surface area (Å²) in [5, 5.41) is 31.7. The zero-order valence-electron chi connectivity index (χ0n) is 35.9. The summed E-state index contributed by atoms with van der Waals surface area (Å²) in [6.07, 6.45) is 20.7. The van der Waals surface area contributed by atoms with E-state index in [9.17, 15) is 19.2 Å². The van der Waals surface area contributed by atoms with Crippen LogP contribution in [-0.4, -0.2) is 98.1 Å². The molecule has 2 heterocycles. The second-order valence-corrected chi connectivity index (χ2v) is 15.1. The first kappa shape index (κ1) is 51.1. The fourth-order valence-corrected chi connectivity index (χ4v) is 6.75. The third-order valence-electron chi connectivity index (χ3n) is 9.22. The summed E-state index contributed by atoms with van der Waals surface area (Å²) in [6, 6.07) is 3.72. The van der Waals surface area contributed by atoms with Crippen LogP contribution >= 0.6 is 23.2 Å². The maximum absolute atomic E-state index is 12.8. The normalized spacial score (nSPS) is 18.5. The second-order valence-electron chi connectivity index (χ2n) is 14.3. The molecule has 0 fully saturated rings. The summed E-state index contributed by atoms with van der Waals surface area (Å²) >= 11 is 13.2. The van der Waals surface area contributed by atoms with Gasteiger partial charge in [-0.1, -0.05) is 82.1 Å². The number of oxime groups is 2. The lowest BCUT2D eigenvalue weighted by Gasteiger charge is -2.16. The quantitative estimate of drug-likeness (QED) is 0.111. The molecule has 0 aromatic heterocycles. The molecule has 4 rings (SSSR count). The van der Waals surface area contributed by atoms with Gasteiger partial charge >= 0.3 is 11.9 Å². The number of allylic oxidation sites excluding steroid dienone is 6. The van der Waals surface area contributed by atoms with Crippen molar-refractivity contribution in [3.8, 4) is 0 Å². The number of carbonyl (C=O) groups excluding carboxylic acids is 4. The standard InChI is InChI=1S/2C23H29ClN2O5/c2*1-16-13-17(2)22(24)19-14-18(26-31-15-20(28)25-10-11-27)9-7-5-3-4-6-8-12-30-23(29)21(16)19/h2*4,6-7,9,13,27H,3,5,8,10-12,14-15H2,1-2H3,(H,25,28)/b6-4+,9-7+,26-18+;6-4+,9-7+,26-18-. The Bertz CT molecular complexity index is 1900. The Balaban J connectivity index is 0.000000330. The van der Waals surface area contributed by atoms with E-state index in [4.69, 9.17) is 52.6 Å². The fourth-order valence-electron chi connectivity index (χ4n) is 6.32. The lowest BCUT2D eigenvalue weighted by molar-refractivity contribution is -0.126. The third kappa shape index (κ3) is 17.6. The molecule has 0 bridgehead atoms. The van der Waals surface area contributed by atoms with Crippen molar-refractivity contribution < 1.29 is 48.5 Å². The lowest BCUT2D eigenvalue weighted by atomic mass is 9.94. The number of aliphatic hydroxyl groups is 2. The molecule has 0 aliphatic carbocycles. The minimum atomic E-state index is -0.424. The minimum Gasteiger partial charge on any atom is -0.462 e. The summed E-state index contributed by atoms with van der Waals surface area (Å²) in [5.74, 6) is -1.62. The van der Waals surface area contributed by atoms with Gasteiger partial charge in [-0.2, -0.15) is 0 Å². The third-order valence-corrected chi connectivity index (χ3v) is 10.3. The van der Waals surface area contributed by atoms with Crippen molar-refractivity contribution in [2.24, 2.45) is 10.3 Å². The van der Waals surface area contributed by atoms with Crippen LogP contribution in [0.5, 0.6) is 0 Å². The highest BCUT2D eigenvalue weighted by molar-refractivity contribution is 6.33. The van der Waals surface area contributed by atoms with Crippen LogP contribution < -0.4 is 10.6 Å². The molecule has 14 nitrogen and oxygen atoms in total. The molecular weight excluding hydrogens is 839 g/mol. The highest BCUT2D eigenvalue weighted by atomic mass is 35.5. The molecule has 2 aromatic carbocycles. The number of benzene rings is 2. The predicted molar refractivity (Wildman–Crippen MR) is 241 cm³/mol. The Hall–Kier alpha value is -5.28. The number of hydrogen-bond donors (Lipinski definition) is 4. The minimum absolute atomic E-state index is 0.149. The Labute approximate surface area is 373 Å². The molecule has 0 spiro atoms. The molecule has 16 heteroatoms. The average Bonchev–Trinajstić information content (AvgIpc) is 3.23. The molecule has 2 aliphatic heterocycles. The van der Waals surface area contributed by atoms with Crippen molar-refractivity contribution in [1.29, 1.82) is 0 Å². The number of ether oxygens (including phenoxy) is 2. The van der Waals surface area contributed by atoms with Crippen molar-refractivity contribution in [2.75, 3.05) is 52.7 Å². The number of halogens is 2. The van der Waals surface area contributed by atoms with Crippen molar-refractivity contribution in [3.05, 3.63) is 115 Å². The Morgan fingerprint density at radius 3 is 1.37 bits per heavy atom. The van der Waals surface area contributed by atoms with Crippen LogP contribution in [-0.2, 0) is 41.6 Å². The van der Waals surface area contributed by atoms with Gasteiger partial charge in [-0.3, -0.25) is 9.59 Å². The number of carbonyl (C=O) groups is 4. The van der Waals surface area contributed by atoms with Gasteiger partial charge in [0, 0.05) is 36.0 Å². The van der Waals surface area contributed by atoms with Gasteiger partial charge in [-0.05, 0) is 112 Å². The monoisotopic (exact) mass is 896 g/mol. The number of esters is 2. The zero-order valence-corrected chi connectivity index (χ0v) is 37.4. The van der Waals surface area contributed by atoms with Gasteiger partial charge in [-0.15, -0.1) is 0 Å². The molecule has 2 aromatic rings. The summed E-state index contributed by atoms with van der Waals surface area (Å²) in [6.45, 7) is 7.48. The summed E-state index contributed by atoms with van der Waals surface area (Å²) < 4.78 is 10.9. The molecule has 4 N–H and O–H groups in total. The lowest BCUT2D eigenvalue weighted by Crippen LogP contribution is -2.29. The first-order chi connectivity index (χ1) is 29.9. The topological polar surface area (TPSA) is 194 Å². The number of rotatable bonds is 10. The van der Waals surface area contributed by atoms with Crippen LogP contribution in [0.2, 0.25) is 10.0 Å². The van der Waals surface area contributed by atoms with Crippen LogP contribution in [0.15, 0.2) is 71.1 Å². The summed E-state index contributed by atoms with van der Waals surface area (Å²) in [5.41, 5.74) is 6.40. The van der Waals surface area contributed by atoms with E-state index in [1.807, 2.05) is 88.4 Å². The molecular formula is C46H58Cl2N4O10. The smallest absolute Gasteiger partial charge is 0.338 e. The van der Waals surface area contributed by atoms with Crippen molar-refractivity contribution >= 4 is 58.4 Å². The first-order valence-electron chi connectivity index (χ1n) is 20.5. The number of aliphatic hydroxyl groups excluding tert-OH is 2. The highest BCUT2D eigenvalue weighted by Gasteiger charge is 2.23. The molecule has 0 atom stereocenters. The van der Waals surface area contributed by atoms with Gasteiger partial charge < -0.3 is 40.0 Å². The van der Waals surface area contributed by atoms with E-state index in [2.05, 4.69) is 20.9 Å². The Kier molecular flexibility index (Phi) is 23.3. The molecule has 62 heavy (non-hydrogen) atoms. The first-order valence-corrected chi connectivity index (χ1v) is 21.3. The van der Waals surface area contributed by atoms with Crippen molar-refractivity contribution in [3.63, 3.8) is 0 Å². The van der Waals surface area contributed by atoms with Crippen LogP contribution in [0, 0.1) is 27.7 Å². The van der Waals surface area contributed by atoms with Crippen LogP contribution in [0.25, 0.3) is 0 Å². The molecule has 0 unspecified atom stereocenters. The fraction of sp³-hybridized carbons (Fsp3) is 0.435. The maximum atomic E-state index is 12.8. The van der Waals surface area contributed by atoms with Crippen LogP contribution in [0.1, 0.15) is 92.6 Å². The molecule has 2 amide bonds. The van der Waals surface area contributed by atoms with Gasteiger partial charge in [0.05, 0.1) is 49.0 Å². The van der Waals surface area contributed by atoms with E-state index in [1.54, 1.807) is 0 Å². The van der Waals surface area contributed by atoms with E-state index < -0.39 is 11.9 Å². The highest BCUT2D eigenvalue weighted by Crippen LogP contribution is 2.31. The van der Waals surface area contributed by atoms with Gasteiger partial charge in [0.25, 0.3) is 11.8 Å².